The first-order chi connectivity index (χ1) is 12.5. The van der Waals surface area contributed by atoms with E-state index in [1.165, 1.54) is 0 Å². The third kappa shape index (κ3) is 5.92. The summed E-state index contributed by atoms with van der Waals surface area (Å²) in [6.07, 6.45) is 0.858. The van der Waals surface area contributed by atoms with E-state index in [2.05, 4.69) is 24.5 Å². The van der Waals surface area contributed by atoms with Gasteiger partial charge in [0.1, 0.15) is 5.75 Å². The molecule has 5 heteroatoms. The third-order valence-electron chi connectivity index (χ3n) is 3.96. The monoisotopic (exact) mass is 354 g/mol. The van der Waals surface area contributed by atoms with Gasteiger partial charge < -0.3 is 15.4 Å². The molecule has 2 aromatic rings. The Morgan fingerprint density at radius 1 is 1.00 bits per heavy atom. The van der Waals surface area contributed by atoms with Crippen molar-refractivity contribution in [1.82, 2.24) is 10.6 Å². The fourth-order valence-electron chi connectivity index (χ4n) is 2.67. The van der Waals surface area contributed by atoms with Crippen LogP contribution in [-0.4, -0.2) is 25.5 Å². The van der Waals surface area contributed by atoms with Crippen LogP contribution in [0.2, 0.25) is 0 Å². The van der Waals surface area contributed by atoms with Crippen LogP contribution in [0.1, 0.15) is 42.2 Å². The van der Waals surface area contributed by atoms with Crippen LogP contribution in [0.15, 0.2) is 54.6 Å². The molecule has 26 heavy (non-hydrogen) atoms. The maximum absolute atomic E-state index is 12.3. The van der Waals surface area contributed by atoms with Crippen LogP contribution >= 0.6 is 0 Å². The molecule has 1 unspecified atom stereocenters. The van der Waals surface area contributed by atoms with E-state index < -0.39 is 0 Å². The normalized spacial score (nSPS) is 11.7. The first-order valence-corrected chi connectivity index (χ1v) is 8.79. The molecule has 0 radical (unpaired) electrons. The van der Waals surface area contributed by atoms with E-state index in [1.54, 1.807) is 31.3 Å². The fraction of sp³-hybridized carbons (Fsp3) is 0.333. The Bertz CT molecular complexity index is 712. The highest BCUT2D eigenvalue weighted by molar-refractivity contribution is 5.94. The zero-order valence-electron chi connectivity index (χ0n) is 15.5. The summed E-state index contributed by atoms with van der Waals surface area (Å²) in [5.41, 5.74) is 1.63. The van der Waals surface area contributed by atoms with Gasteiger partial charge in [0.25, 0.3) is 11.8 Å². The van der Waals surface area contributed by atoms with Gasteiger partial charge >= 0.3 is 0 Å². The highest BCUT2D eigenvalue weighted by Gasteiger charge is 2.16. The second kappa shape index (κ2) is 9.61. The molecule has 138 valence electrons. The van der Waals surface area contributed by atoms with Crippen LogP contribution < -0.4 is 15.4 Å². The standard InChI is InChI=1S/C21H26N2O3/c1-15(2)13-19(16-7-5-4-6-8-16)23-20(24)14-26-18-11-9-17(10-12-18)21(25)22-3/h4-12,15,19H,13-14H2,1-3H3,(H,22,25)(H,23,24). The van der Waals surface area contributed by atoms with Crippen molar-refractivity contribution in [3.05, 3.63) is 65.7 Å². The Kier molecular flexibility index (Phi) is 7.21. The summed E-state index contributed by atoms with van der Waals surface area (Å²) in [7, 11) is 1.58. The largest absolute Gasteiger partial charge is 0.484 e. The Hall–Kier alpha value is -2.82. The van der Waals surface area contributed by atoms with Crippen molar-refractivity contribution in [2.45, 2.75) is 26.3 Å². The molecule has 0 fully saturated rings. The van der Waals surface area contributed by atoms with Crippen molar-refractivity contribution in [3.63, 3.8) is 0 Å². The predicted molar refractivity (Wildman–Crippen MR) is 102 cm³/mol. The minimum absolute atomic E-state index is 0.0390. The van der Waals surface area contributed by atoms with E-state index in [1.807, 2.05) is 30.3 Å². The van der Waals surface area contributed by atoms with E-state index in [9.17, 15) is 9.59 Å². The number of hydrogen-bond donors (Lipinski definition) is 2. The van der Waals surface area contributed by atoms with Crippen molar-refractivity contribution in [1.29, 1.82) is 0 Å². The Morgan fingerprint density at radius 2 is 1.65 bits per heavy atom. The van der Waals surface area contributed by atoms with Gasteiger partial charge in [-0.2, -0.15) is 0 Å². The maximum atomic E-state index is 12.3. The molecule has 2 aromatic carbocycles. The van der Waals surface area contributed by atoms with Crippen LogP contribution in [0.4, 0.5) is 0 Å². The molecule has 0 aliphatic rings. The van der Waals surface area contributed by atoms with Crippen molar-refractivity contribution in [2.24, 2.45) is 5.92 Å². The van der Waals surface area contributed by atoms with Crippen molar-refractivity contribution in [3.8, 4) is 5.75 Å². The zero-order valence-corrected chi connectivity index (χ0v) is 15.5. The molecule has 0 heterocycles. The quantitative estimate of drug-likeness (QED) is 0.764. The lowest BCUT2D eigenvalue weighted by atomic mass is 9.97. The molecule has 0 saturated heterocycles. The summed E-state index contributed by atoms with van der Waals surface area (Å²) in [4.78, 5) is 23.8. The van der Waals surface area contributed by atoms with Gasteiger partial charge in [0.2, 0.25) is 0 Å². The van der Waals surface area contributed by atoms with Crippen LogP contribution in [0.3, 0.4) is 0 Å². The predicted octanol–water partition coefficient (Wildman–Crippen LogP) is 3.33. The Labute approximate surface area is 154 Å². The molecule has 2 rings (SSSR count). The SMILES string of the molecule is CNC(=O)c1ccc(OCC(=O)NC(CC(C)C)c2ccccc2)cc1. The van der Waals surface area contributed by atoms with Gasteiger partial charge in [0.05, 0.1) is 6.04 Å². The highest BCUT2D eigenvalue weighted by atomic mass is 16.5. The Balaban J connectivity index is 1.92. The number of rotatable bonds is 8. The minimum atomic E-state index is -0.171. The number of carbonyl (C=O) groups excluding carboxylic acids is 2. The van der Waals surface area contributed by atoms with Crippen molar-refractivity contribution in [2.75, 3.05) is 13.7 Å². The lowest BCUT2D eigenvalue weighted by molar-refractivity contribution is -0.124. The van der Waals surface area contributed by atoms with E-state index in [-0.39, 0.29) is 24.5 Å². The van der Waals surface area contributed by atoms with Crippen molar-refractivity contribution >= 4 is 11.8 Å². The molecular weight excluding hydrogens is 328 g/mol. The molecule has 0 aliphatic heterocycles. The Morgan fingerprint density at radius 3 is 2.23 bits per heavy atom. The van der Waals surface area contributed by atoms with E-state index >= 15 is 0 Å². The van der Waals surface area contributed by atoms with E-state index in [0.717, 1.165) is 12.0 Å². The first kappa shape index (κ1) is 19.5. The summed E-state index contributed by atoms with van der Waals surface area (Å²) in [6.45, 7) is 4.19. The molecule has 1 atom stereocenters. The molecular formula is C21H26N2O3. The first-order valence-electron chi connectivity index (χ1n) is 8.79. The summed E-state index contributed by atoms with van der Waals surface area (Å²) < 4.78 is 5.53. The topological polar surface area (TPSA) is 67.4 Å². The number of carbonyl (C=O) groups is 2. The van der Waals surface area contributed by atoms with Crippen LogP contribution in [0, 0.1) is 5.92 Å². The molecule has 0 bridgehead atoms. The average molecular weight is 354 g/mol. The zero-order chi connectivity index (χ0) is 18.9. The smallest absolute Gasteiger partial charge is 0.258 e. The van der Waals surface area contributed by atoms with Gasteiger partial charge in [-0.05, 0) is 42.2 Å². The number of nitrogens with one attached hydrogen (secondary N) is 2. The molecule has 0 spiro atoms. The molecule has 0 aliphatic carbocycles. The molecule has 0 saturated carbocycles. The number of ether oxygens (including phenoxy) is 1. The van der Waals surface area contributed by atoms with Gasteiger partial charge in [-0.3, -0.25) is 9.59 Å². The van der Waals surface area contributed by atoms with E-state index in [0.29, 0.717) is 17.2 Å². The lowest BCUT2D eigenvalue weighted by Crippen LogP contribution is -2.33. The third-order valence-corrected chi connectivity index (χ3v) is 3.96. The molecule has 0 aromatic heterocycles. The van der Waals surface area contributed by atoms with Crippen LogP contribution in [0.5, 0.6) is 5.75 Å². The summed E-state index contributed by atoms with van der Waals surface area (Å²) in [5, 5.41) is 5.61. The van der Waals surface area contributed by atoms with Gasteiger partial charge in [-0.1, -0.05) is 44.2 Å². The number of hydrogen-bond acceptors (Lipinski definition) is 3. The highest BCUT2D eigenvalue weighted by Crippen LogP contribution is 2.21. The van der Waals surface area contributed by atoms with Gasteiger partial charge in [-0.25, -0.2) is 0 Å². The lowest BCUT2D eigenvalue weighted by Gasteiger charge is -2.21. The maximum Gasteiger partial charge on any atom is 0.258 e. The van der Waals surface area contributed by atoms with Crippen molar-refractivity contribution < 1.29 is 14.3 Å². The summed E-state index contributed by atoms with van der Waals surface area (Å²) >= 11 is 0. The fourth-order valence-corrected chi connectivity index (χ4v) is 2.67. The van der Waals surface area contributed by atoms with Crippen LogP contribution in [0.25, 0.3) is 0 Å². The molecule has 5 nitrogen and oxygen atoms in total. The molecule has 2 amide bonds. The second-order valence-corrected chi connectivity index (χ2v) is 6.55. The summed E-state index contributed by atoms with van der Waals surface area (Å²) in [6, 6.07) is 16.6. The molecule has 2 N–H and O–H groups in total. The number of benzene rings is 2. The number of amides is 2. The average Bonchev–Trinajstić information content (AvgIpc) is 2.66. The van der Waals surface area contributed by atoms with Gasteiger partial charge in [0, 0.05) is 12.6 Å². The minimum Gasteiger partial charge on any atom is -0.484 e. The van der Waals surface area contributed by atoms with Gasteiger partial charge in [-0.15, -0.1) is 0 Å². The van der Waals surface area contributed by atoms with E-state index in [4.69, 9.17) is 4.74 Å². The second-order valence-electron chi connectivity index (χ2n) is 6.55. The van der Waals surface area contributed by atoms with Crippen LogP contribution in [-0.2, 0) is 4.79 Å². The van der Waals surface area contributed by atoms with Gasteiger partial charge in [0.15, 0.2) is 6.61 Å². The summed E-state index contributed by atoms with van der Waals surface area (Å²) in [5.74, 6) is 0.676.